The van der Waals surface area contributed by atoms with E-state index >= 15 is 0 Å². The summed E-state index contributed by atoms with van der Waals surface area (Å²) in [5, 5.41) is 14.1. The monoisotopic (exact) mass is 437 g/mol. The largest absolute Gasteiger partial charge is 0.388 e. The van der Waals surface area contributed by atoms with Crippen LogP contribution in [-0.4, -0.2) is 61.0 Å². The summed E-state index contributed by atoms with van der Waals surface area (Å²) in [4.78, 5) is 7.15. The predicted octanol–water partition coefficient (Wildman–Crippen LogP) is 2.38. The van der Waals surface area contributed by atoms with Crippen LogP contribution in [-0.2, 0) is 4.74 Å². The van der Waals surface area contributed by atoms with Crippen LogP contribution in [0.3, 0.4) is 0 Å². The Kier molecular flexibility index (Phi) is 6.98. The van der Waals surface area contributed by atoms with Gasteiger partial charge in [0.2, 0.25) is 0 Å². The van der Waals surface area contributed by atoms with Crippen LogP contribution in [0.25, 0.3) is 0 Å². The number of rotatable bonds is 3. The van der Waals surface area contributed by atoms with Gasteiger partial charge in [-0.25, -0.2) is 0 Å². The number of nitrogens with zero attached hydrogens (tertiary/aromatic N) is 2. The second kappa shape index (κ2) is 8.34. The van der Waals surface area contributed by atoms with Gasteiger partial charge in [0.15, 0.2) is 5.96 Å². The lowest BCUT2D eigenvalue weighted by atomic mass is 9.85. The average molecular weight is 437 g/mol. The fourth-order valence-electron chi connectivity index (χ4n) is 4.10. The first-order chi connectivity index (χ1) is 10.6. The molecule has 1 saturated carbocycles. The van der Waals surface area contributed by atoms with Gasteiger partial charge in [-0.2, -0.15) is 0 Å². The van der Waals surface area contributed by atoms with Gasteiger partial charge in [-0.05, 0) is 32.6 Å². The molecule has 0 radical (unpaired) electrons. The summed E-state index contributed by atoms with van der Waals surface area (Å²) in [5.74, 6) is 0.977. The third-order valence-electron chi connectivity index (χ3n) is 5.57. The molecule has 3 aliphatic rings. The average Bonchev–Trinajstić information content (AvgIpc) is 3.15. The van der Waals surface area contributed by atoms with Gasteiger partial charge < -0.3 is 20.1 Å². The van der Waals surface area contributed by atoms with Crippen LogP contribution in [0.4, 0.5) is 0 Å². The lowest BCUT2D eigenvalue weighted by molar-refractivity contribution is 0.0130. The third-order valence-corrected chi connectivity index (χ3v) is 5.57. The van der Waals surface area contributed by atoms with Gasteiger partial charge in [0.25, 0.3) is 0 Å². The normalized spacial score (nSPS) is 30.5. The SMILES string of the molecule is CCNC(=NCC1(O)CCCCC1)N1CCC2(CCOC2)C1.I. The van der Waals surface area contributed by atoms with Gasteiger partial charge in [-0.1, -0.05) is 19.3 Å². The molecule has 3 fully saturated rings. The van der Waals surface area contributed by atoms with Crippen LogP contribution in [0.5, 0.6) is 0 Å². The molecule has 23 heavy (non-hydrogen) atoms. The number of hydrogen-bond acceptors (Lipinski definition) is 3. The van der Waals surface area contributed by atoms with Gasteiger partial charge in [-0.3, -0.25) is 4.99 Å². The van der Waals surface area contributed by atoms with Crippen molar-refractivity contribution in [3.63, 3.8) is 0 Å². The highest BCUT2D eigenvalue weighted by Gasteiger charge is 2.42. The second-order valence-corrected chi connectivity index (χ2v) is 7.43. The van der Waals surface area contributed by atoms with Crippen molar-refractivity contribution in [2.75, 3.05) is 39.4 Å². The number of halogens is 1. The molecule has 0 aromatic carbocycles. The van der Waals surface area contributed by atoms with Crippen molar-refractivity contribution in [1.29, 1.82) is 0 Å². The molecule has 0 amide bonds. The van der Waals surface area contributed by atoms with E-state index in [9.17, 15) is 5.11 Å². The zero-order chi connectivity index (χ0) is 15.5. The van der Waals surface area contributed by atoms with E-state index in [0.29, 0.717) is 12.0 Å². The Labute approximate surface area is 157 Å². The molecular formula is C17H32IN3O2. The first-order valence-electron chi connectivity index (χ1n) is 8.98. The van der Waals surface area contributed by atoms with Crippen LogP contribution in [0.1, 0.15) is 51.9 Å². The zero-order valence-corrected chi connectivity index (χ0v) is 16.7. The van der Waals surface area contributed by atoms with Crippen molar-refractivity contribution in [2.24, 2.45) is 10.4 Å². The number of nitrogens with one attached hydrogen (secondary N) is 1. The van der Waals surface area contributed by atoms with Crippen LogP contribution in [0, 0.1) is 5.41 Å². The van der Waals surface area contributed by atoms with E-state index in [4.69, 9.17) is 9.73 Å². The number of hydrogen-bond donors (Lipinski definition) is 2. The number of aliphatic imine (C=N–C) groups is 1. The van der Waals surface area contributed by atoms with Crippen LogP contribution < -0.4 is 5.32 Å². The van der Waals surface area contributed by atoms with Crippen LogP contribution >= 0.6 is 24.0 Å². The molecule has 1 spiro atoms. The lowest BCUT2D eigenvalue weighted by Gasteiger charge is -2.31. The predicted molar refractivity (Wildman–Crippen MR) is 103 cm³/mol. The highest BCUT2D eigenvalue weighted by atomic mass is 127. The Morgan fingerprint density at radius 2 is 2.00 bits per heavy atom. The molecule has 3 rings (SSSR count). The Hall–Kier alpha value is -0.0800. The lowest BCUT2D eigenvalue weighted by Crippen LogP contribution is -2.43. The van der Waals surface area contributed by atoms with Crippen molar-refractivity contribution in [2.45, 2.75) is 57.5 Å². The minimum atomic E-state index is -0.577. The van der Waals surface area contributed by atoms with E-state index in [1.807, 2.05) is 0 Å². The molecule has 1 aliphatic carbocycles. The summed E-state index contributed by atoms with van der Waals surface area (Å²) in [6.07, 6.45) is 7.68. The molecule has 5 nitrogen and oxygen atoms in total. The van der Waals surface area contributed by atoms with Gasteiger partial charge >= 0.3 is 0 Å². The number of guanidine groups is 1. The summed E-state index contributed by atoms with van der Waals surface area (Å²) in [6.45, 7) is 7.40. The summed E-state index contributed by atoms with van der Waals surface area (Å²) >= 11 is 0. The van der Waals surface area contributed by atoms with E-state index in [1.54, 1.807) is 0 Å². The quantitative estimate of drug-likeness (QED) is 0.405. The molecule has 1 atom stereocenters. The van der Waals surface area contributed by atoms with E-state index in [1.165, 1.54) is 19.3 Å². The first kappa shape index (κ1) is 19.2. The fraction of sp³-hybridized carbons (Fsp3) is 0.941. The maximum absolute atomic E-state index is 10.7. The highest BCUT2D eigenvalue weighted by molar-refractivity contribution is 14.0. The summed E-state index contributed by atoms with van der Waals surface area (Å²) in [7, 11) is 0. The van der Waals surface area contributed by atoms with Crippen molar-refractivity contribution in [3.05, 3.63) is 0 Å². The van der Waals surface area contributed by atoms with Gasteiger partial charge in [-0.15, -0.1) is 24.0 Å². The van der Waals surface area contributed by atoms with Gasteiger partial charge in [0.1, 0.15) is 0 Å². The molecule has 0 aromatic rings. The molecule has 0 aromatic heterocycles. The maximum Gasteiger partial charge on any atom is 0.194 e. The van der Waals surface area contributed by atoms with E-state index in [-0.39, 0.29) is 24.0 Å². The molecule has 6 heteroatoms. The van der Waals surface area contributed by atoms with Gasteiger partial charge in [0, 0.05) is 31.7 Å². The third kappa shape index (κ3) is 4.72. The zero-order valence-electron chi connectivity index (χ0n) is 14.4. The molecule has 134 valence electrons. The maximum atomic E-state index is 10.7. The van der Waals surface area contributed by atoms with E-state index in [2.05, 4.69) is 17.1 Å². The molecule has 1 unspecified atom stereocenters. The van der Waals surface area contributed by atoms with Crippen molar-refractivity contribution in [3.8, 4) is 0 Å². The number of aliphatic hydroxyl groups is 1. The molecule has 2 aliphatic heterocycles. The van der Waals surface area contributed by atoms with Crippen molar-refractivity contribution < 1.29 is 9.84 Å². The Morgan fingerprint density at radius 3 is 2.65 bits per heavy atom. The van der Waals surface area contributed by atoms with Crippen molar-refractivity contribution in [1.82, 2.24) is 10.2 Å². The Morgan fingerprint density at radius 1 is 1.22 bits per heavy atom. The molecule has 0 bridgehead atoms. The van der Waals surface area contributed by atoms with Crippen LogP contribution in [0.2, 0.25) is 0 Å². The minimum absolute atomic E-state index is 0. The number of likely N-dealkylation sites (tertiary alicyclic amines) is 1. The molecule has 2 N–H and O–H groups in total. The fourth-order valence-corrected chi connectivity index (χ4v) is 4.10. The van der Waals surface area contributed by atoms with Crippen molar-refractivity contribution >= 4 is 29.9 Å². The van der Waals surface area contributed by atoms with E-state index < -0.39 is 5.60 Å². The number of ether oxygens (including phenoxy) is 1. The molecular weight excluding hydrogens is 405 g/mol. The van der Waals surface area contributed by atoms with Crippen LogP contribution in [0.15, 0.2) is 4.99 Å². The smallest absolute Gasteiger partial charge is 0.194 e. The summed E-state index contributed by atoms with van der Waals surface area (Å²) < 4.78 is 5.61. The topological polar surface area (TPSA) is 57.1 Å². The highest BCUT2D eigenvalue weighted by Crippen LogP contribution is 2.38. The summed E-state index contributed by atoms with van der Waals surface area (Å²) in [5.41, 5.74) is -0.231. The summed E-state index contributed by atoms with van der Waals surface area (Å²) in [6, 6.07) is 0. The van der Waals surface area contributed by atoms with E-state index in [0.717, 1.165) is 64.5 Å². The van der Waals surface area contributed by atoms with Gasteiger partial charge in [0.05, 0.1) is 18.8 Å². The second-order valence-electron chi connectivity index (χ2n) is 7.43. The Balaban J connectivity index is 0.00000192. The Bertz CT molecular complexity index is 405. The standard InChI is InChI=1S/C17H31N3O2.HI/c1-2-18-15(19-12-17(21)6-4-3-5-7-17)20-10-8-16(13-20)9-11-22-14-16;/h21H,2-14H2,1H3,(H,18,19);1H. The first-order valence-corrected chi connectivity index (χ1v) is 8.98. The molecule has 2 heterocycles. The minimum Gasteiger partial charge on any atom is -0.388 e. The molecule has 2 saturated heterocycles.